The van der Waals surface area contributed by atoms with Crippen LogP contribution in [0.5, 0.6) is 0 Å². The predicted octanol–water partition coefficient (Wildman–Crippen LogP) is 1.66. The first kappa shape index (κ1) is 8.33. The average Bonchev–Trinajstić information content (AvgIpc) is 2.39. The minimum Gasteiger partial charge on any atom is -0.367 e. The van der Waals surface area contributed by atoms with Crippen molar-refractivity contribution in [2.75, 3.05) is 6.54 Å². The van der Waals surface area contributed by atoms with E-state index in [-0.39, 0.29) is 4.82 Å². The molecule has 1 heterocycles. The lowest BCUT2D eigenvalue weighted by atomic mass is 10.2. The van der Waals surface area contributed by atoms with E-state index in [0.717, 1.165) is 6.42 Å². The first-order valence-electron chi connectivity index (χ1n) is 3.34. The molecule has 4 heteroatoms. The van der Waals surface area contributed by atoms with E-state index in [1.54, 1.807) is 0 Å². The lowest BCUT2D eigenvalue weighted by Crippen LogP contribution is -2.18. The molecular weight excluding hydrogens is 208 g/mol. The zero-order valence-electron chi connectivity index (χ0n) is 5.93. The molecule has 3 nitrogen and oxygen atoms in total. The summed E-state index contributed by atoms with van der Waals surface area (Å²) in [5.74, 6) is 0. The van der Waals surface area contributed by atoms with Crippen LogP contribution in [0.1, 0.15) is 5.56 Å². The number of halogens is 1. The molecule has 0 radical (unpaired) electrons. The number of aromatic amines is 1. The van der Waals surface area contributed by atoms with E-state index in [1.165, 1.54) is 5.56 Å². The summed E-state index contributed by atoms with van der Waals surface area (Å²) < 4.78 is 0. The van der Waals surface area contributed by atoms with E-state index >= 15 is 0 Å². The van der Waals surface area contributed by atoms with Crippen molar-refractivity contribution in [3.63, 3.8) is 0 Å². The standard InChI is InChI=1S/C7H9BrN2O/c8-7(11)10-4-2-6-1-3-9-5-6/h1,3,5,9H,2,4H2,(H,10,11). The second-order valence-corrected chi connectivity index (χ2v) is 2.89. The lowest BCUT2D eigenvalue weighted by molar-refractivity contribution is 0.262. The highest BCUT2D eigenvalue weighted by Crippen LogP contribution is 1.96. The third-order valence-electron chi connectivity index (χ3n) is 1.34. The summed E-state index contributed by atoms with van der Waals surface area (Å²) in [5.41, 5.74) is 1.20. The predicted molar refractivity (Wildman–Crippen MR) is 46.8 cm³/mol. The van der Waals surface area contributed by atoms with Gasteiger partial charge in [0.25, 0.3) is 4.82 Å². The maximum atomic E-state index is 10.4. The van der Waals surface area contributed by atoms with Gasteiger partial charge in [0.1, 0.15) is 0 Å². The summed E-state index contributed by atoms with van der Waals surface area (Å²) in [6, 6.07) is 1.99. The molecule has 2 N–H and O–H groups in total. The average molecular weight is 217 g/mol. The molecule has 0 bridgehead atoms. The number of carbonyl (C=O) groups excluding carboxylic acids is 1. The van der Waals surface area contributed by atoms with E-state index in [4.69, 9.17) is 0 Å². The van der Waals surface area contributed by atoms with Gasteiger partial charge in [0.2, 0.25) is 0 Å². The zero-order chi connectivity index (χ0) is 8.10. The second kappa shape index (κ2) is 4.18. The third kappa shape index (κ3) is 3.23. The topological polar surface area (TPSA) is 44.9 Å². The molecule has 0 aliphatic carbocycles. The summed E-state index contributed by atoms with van der Waals surface area (Å²) in [6.07, 6.45) is 4.65. The monoisotopic (exact) mass is 216 g/mol. The van der Waals surface area contributed by atoms with Gasteiger partial charge in [-0.15, -0.1) is 0 Å². The van der Waals surface area contributed by atoms with E-state index in [9.17, 15) is 4.79 Å². The molecule has 0 aliphatic rings. The smallest absolute Gasteiger partial charge is 0.287 e. The Labute approximate surface area is 73.3 Å². The Bertz CT molecular complexity index is 220. The van der Waals surface area contributed by atoms with Crippen LogP contribution in [0.15, 0.2) is 18.5 Å². The number of H-pyrrole nitrogens is 1. The molecular formula is C7H9BrN2O. The quantitative estimate of drug-likeness (QED) is 0.586. The molecule has 1 rings (SSSR count). The Morgan fingerprint density at radius 3 is 3.09 bits per heavy atom. The molecule has 0 atom stereocenters. The highest BCUT2D eigenvalue weighted by molar-refractivity contribution is 9.18. The molecule has 1 aromatic heterocycles. The number of nitrogens with one attached hydrogen (secondary N) is 2. The molecule has 1 aromatic rings. The van der Waals surface area contributed by atoms with Crippen molar-refractivity contribution >= 4 is 20.7 Å². The van der Waals surface area contributed by atoms with Gasteiger partial charge in [-0.1, -0.05) is 0 Å². The number of hydrogen-bond acceptors (Lipinski definition) is 1. The first-order valence-corrected chi connectivity index (χ1v) is 4.13. The SMILES string of the molecule is O=C(Br)NCCc1cc[nH]c1. The Hall–Kier alpha value is -0.770. The minimum absolute atomic E-state index is 0.159. The van der Waals surface area contributed by atoms with Crippen LogP contribution >= 0.6 is 15.9 Å². The van der Waals surface area contributed by atoms with Crippen molar-refractivity contribution < 1.29 is 4.79 Å². The van der Waals surface area contributed by atoms with Crippen molar-refractivity contribution in [1.82, 2.24) is 10.3 Å². The van der Waals surface area contributed by atoms with Gasteiger partial charge in [0, 0.05) is 34.9 Å². The van der Waals surface area contributed by atoms with Crippen LogP contribution in [0.4, 0.5) is 4.79 Å². The molecule has 0 unspecified atom stereocenters. The molecule has 0 saturated carbocycles. The van der Waals surface area contributed by atoms with Crippen LogP contribution in [0.25, 0.3) is 0 Å². The van der Waals surface area contributed by atoms with Gasteiger partial charge in [-0.3, -0.25) is 4.79 Å². The Balaban J connectivity index is 2.19. The normalized spacial score (nSPS) is 9.55. The number of carbonyl (C=O) groups is 1. The summed E-state index contributed by atoms with van der Waals surface area (Å²) in [7, 11) is 0. The van der Waals surface area contributed by atoms with E-state index in [0.29, 0.717) is 6.54 Å². The fourth-order valence-electron chi connectivity index (χ4n) is 0.819. The second-order valence-electron chi connectivity index (χ2n) is 2.17. The van der Waals surface area contributed by atoms with E-state index in [1.807, 2.05) is 18.5 Å². The lowest BCUT2D eigenvalue weighted by Gasteiger charge is -1.97. The van der Waals surface area contributed by atoms with Crippen LogP contribution in [0.2, 0.25) is 0 Å². The van der Waals surface area contributed by atoms with Crippen molar-refractivity contribution in [1.29, 1.82) is 0 Å². The van der Waals surface area contributed by atoms with Crippen molar-refractivity contribution in [2.45, 2.75) is 6.42 Å². The summed E-state index contributed by atoms with van der Waals surface area (Å²) in [4.78, 5) is 13.2. The number of hydrogen-bond donors (Lipinski definition) is 2. The van der Waals surface area contributed by atoms with Crippen molar-refractivity contribution in [3.8, 4) is 0 Å². The largest absolute Gasteiger partial charge is 0.367 e. The van der Waals surface area contributed by atoms with Gasteiger partial charge in [-0.05, 0) is 18.1 Å². The van der Waals surface area contributed by atoms with E-state index < -0.39 is 0 Å². The molecule has 1 amide bonds. The summed E-state index contributed by atoms with van der Waals surface area (Å²) >= 11 is 2.78. The number of amides is 1. The molecule has 60 valence electrons. The Kier molecular flexibility index (Phi) is 3.16. The molecule has 0 spiro atoms. The van der Waals surface area contributed by atoms with Crippen LogP contribution < -0.4 is 5.32 Å². The molecule has 0 aromatic carbocycles. The van der Waals surface area contributed by atoms with Gasteiger partial charge < -0.3 is 10.3 Å². The fraction of sp³-hybridized carbons (Fsp3) is 0.286. The highest BCUT2D eigenvalue weighted by Gasteiger charge is 1.94. The van der Waals surface area contributed by atoms with Crippen molar-refractivity contribution in [2.24, 2.45) is 0 Å². The maximum Gasteiger partial charge on any atom is 0.287 e. The first-order chi connectivity index (χ1) is 5.29. The molecule has 0 fully saturated rings. The molecule has 11 heavy (non-hydrogen) atoms. The molecule has 0 saturated heterocycles. The Morgan fingerprint density at radius 2 is 2.55 bits per heavy atom. The van der Waals surface area contributed by atoms with Crippen molar-refractivity contribution in [3.05, 3.63) is 24.0 Å². The molecule has 0 aliphatic heterocycles. The van der Waals surface area contributed by atoms with E-state index in [2.05, 4.69) is 26.2 Å². The van der Waals surface area contributed by atoms with Gasteiger partial charge in [0.15, 0.2) is 0 Å². The number of rotatable bonds is 3. The Morgan fingerprint density at radius 1 is 1.73 bits per heavy atom. The fourth-order valence-corrected chi connectivity index (χ4v) is 1.02. The summed E-state index contributed by atoms with van der Waals surface area (Å²) in [5, 5.41) is 2.65. The third-order valence-corrected chi connectivity index (χ3v) is 1.62. The van der Waals surface area contributed by atoms with Gasteiger partial charge in [0.05, 0.1) is 0 Å². The highest BCUT2D eigenvalue weighted by atomic mass is 79.9. The van der Waals surface area contributed by atoms with Gasteiger partial charge in [-0.25, -0.2) is 0 Å². The summed E-state index contributed by atoms with van der Waals surface area (Å²) in [6.45, 7) is 0.669. The van der Waals surface area contributed by atoms with Crippen LogP contribution in [0.3, 0.4) is 0 Å². The number of aromatic nitrogens is 1. The minimum atomic E-state index is -0.159. The van der Waals surface area contributed by atoms with Gasteiger partial charge in [-0.2, -0.15) is 0 Å². The van der Waals surface area contributed by atoms with Crippen LogP contribution in [0, 0.1) is 0 Å². The van der Waals surface area contributed by atoms with Crippen LogP contribution in [-0.2, 0) is 6.42 Å². The maximum absolute atomic E-state index is 10.4. The van der Waals surface area contributed by atoms with Gasteiger partial charge >= 0.3 is 0 Å². The zero-order valence-corrected chi connectivity index (χ0v) is 7.52. The van der Waals surface area contributed by atoms with Crippen LogP contribution in [-0.4, -0.2) is 16.3 Å².